The number of carboxylic acids is 1. The van der Waals surface area contributed by atoms with Crippen molar-refractivity contribution >= 4 is 46.6 Å². The SMILES string of the molecule is O=C(O)CN1C(=O)[C@@H]2[C@H]3C[C@@H]([C@@H]4Sc5[nH]c(=O)sc5[C@@H](c5cc([N+](=O)[O-])ccc5OCc5ccc(F)cc5)[C@@H]34)[C@H]2C1=O. The van der Waals surface area contributed by atoms with Crippen molar-refractivity contribution in [3.05, 3.63) is 84.1 Å². The molecular formula is C28H22FN3O8S2. The molecule has 7 atom stereocenters. The molecule has 0 spiro atoms. The van der Waals surface area contributed by atoms with Gasteiger partial charge in [-0.25, -0.2) is 4.39 Å². The first-order valence-electron chi connectivity index (χ1n) is 13.2. The van der Waals surface area contributed by atoms with Gasteiger partial charge < -0.3 is 14.8 Å². The van der Waals surface area contributed by atoms with Crippen LogP contribution in [0.15, 0.2) is 52.3 Å². The Morgan fingerprint density at radius 2 is 1.83 bits per heavy atom. The van der Waals surface area contributed by atoms with Crippen LogP contribution < -0.4 is 9.61 Å². The van der Waals surface area contributed by atoms with E-state index in [0.29, 0.717) is 33.2 Å². The molecule has 2 bridgehead atoms. The van der Waals surface area contributed by atoms with Crippen molar-refractivity contribution in [2.45, 2.75) is 29.2 Å². The summed E-state index contributed by atoms with van der Waals surface area (Å²) in [5.74, 6) is -4.96. The van der Waals surface area contributed by atoms with Crippen LogP contribution in [-0.2, 0) is 21.0 Å². The molecule has 0 unspecified atom stereocenters. The lowest BCUT2D eigenvalue weighted by atomic mass is 9.68. The number of amides is 2. The Bertz CT molecular complexity index is 1720. The fourth-order valence-electron chi connectivity index (χ4n) is 7.48. The Morgan fingerprint density at radius 1 is 1.12 bits per heavy atom. The number of nitrogens with one attached hydrogen (secondary N) is 1. The van der Waals surface area contributed by atoms with Crippen LogP contribution in [0.1, 0.15) is 28.3 Å². The normalized spacial score (nSPS) is 28.9. The molecule has 2 saturated carbocycles. The summed E-state index contributed by atoms with van der Waals surface area (Å²) in [5, 5.41) is 21.6. The minimum Gasteiger partial charge on any atom is -0.489 e. The summed E-state index contributed by atoms with van der Waals surface area (Å²) in [4.78, 5) is 66.2. The predicted molar refractivity (Wildman–Crippen MR) is 147 cm³/mol. The number of aliphatic carboxylic acids is 1. The summed E-state index contributed by atoms with van der Waals surface area (Å²) in [6.45, 7) is -0.631. The molecule has 2 amide bonds. The van der Waals surface area contributed by atoms with Crippen LogP contribution in [0.2, 0.25) is 0 Å². The lowest BCUT2D eigenvalue weighted by molar-refractivity contribution is -0.385. The highest BCUT2D eigenvalue weighted by atomic mass is 32.2. The number of aromatic amines is 1. The van der Waals surface area contributed by atoms with E-state index in [1.54, 1.807) is 12.1 Å². The number of halogens is 1. The second-order valence-electron chi connectivity index (χ2n) is 11.0. The number of carbonyl (C=O) groups excluding carboxylic acids is 2. The molecule has 4 aliphatic rings. The highest BCUT2D eigenvalue weighted by molar-refractivity contribution is 8.00. The molecule has 2 aromatic carbocycles. The summed E-state index contributed by atoms with van der Waals surface area (Å²) in [5.41, 5.74) is 1.00. The number of aromatic nitrogens is 1. The van der Waals surface area contributed by atoms with Gasteiger partial charge in [-0.2, -0.15) is 0 Å². The van der Waals surface area contributed by atoms with E-state index in [9.17, 15) is 38.8 Å². The second kappa shape index (κ2) is 9.76. The van der Waals surface area contributed by atoms with Gasteiger partial charge in [-0.15, -0.1) is 11.8 Å². The molecule has 1 saturated heterocycles. The number of hydrogen-bond donors (Lipinski definition) is 2. The number of nitrogens with zero attached hydrogens (tertiary/aromatic N) is 2. The first kappa shape index (κ1) is 26.8. The number of hydrogen-bond acceptors (Lipinski definition) is 9. The van der Waals surface area contributed by atoms with Crippen LogP contribution >= 0.6 is 23.1 Å². The summed E-state index contributed by atoms with van der Waals surface area (Å²) in [6.07, 6.45) is 0.576. The number of fused-ring (bicyclic) bond motifs is 9. The van der Waals surface area contributed by atoms with Crippen molar-refractivity contribution in [2.75, 3.05) is 6.54 Å². The first-order chi connectivity index (χ1) is 20.1. The zero-order chi connectivity index (χ0) is 29.4. The van der Waals surface area contributed by atoms with Crippen molar-refractivity contribution in [1.29, 1.82) is 0 Å². The van der Waals surface area contributed by atoms with Crippen LogP contribution in [0, 0.1) is 45.5 Å². The quantitative estimate of drug-likeness (QED) is 0.231. The van der Waals surface area contributed by atoms with Gasteiger partial charge in [0.25, 0.3) is 5.69 Å². The summed E-state index contributed by atoms with van der Waals surface area (Å²) in [7, 11) is 0. The average Bonchev–Trinajstić information content (AvgIpc) is 3.68. The number of carbonyl (C=O) groups is 3. The monoisotopic (exact) mass is 611 g/mol. The average molecular weight is 612 g/mol. The number of thioether (sulfide) groups is 1. The maximum atomic E-state index is 13.4. The topological polar surface area (TPSA) is 160 Å². The lowest BCUT2D eigenvalue weighted by Crippen LogP contribution is -2.42. The molecule has 2 aliphatic carbocycles. The van der Waals surface area contributed by atoms with Crippen LogP contribution in [0.5, 0.6) is 5.75 Å². The second-order valence-corrected chi connectivity index (χ2v) is 13.2. The van der Waals surface area contributed by atoms with E-state index in [-0.39, 0.29) is 40.2 Å². The molecule has 42 heavy (non-hydrogen) atoms. The first-order valence-corrected chi connectivity index (χ1v) is 14.9. The molecule has 2 N–H and O–H groups in total. The van der Waals surface area contributed by atoms with Crippen molar-refractivity contribution in [2.24, 2.45) is 29.6 Å². The maximum absolute atomic E-state index is 13.4. The van der Waals surface area contributed by atoms with E-state index in [2.05, 4.69) is 4.98 Å². The number of nitro benzene ring substituents is 1. The number of thiazole rings is 1. The number of imide groups is 1. The molecular weight excluding hydrogens is 589 g/mol. The molecule has 1 aromatic heterocycles. The Labute approximate surface area is 244 Å². The summed E-state index contributed by atoms with van der Waals surface area (Å²) >= 11 is 2.46. The molecule has 0 radical (unpaired) electrons. The van der Waals surface area contributed by atoms with E-state index in [4.69, 9.17) is 4.74 Å². The van der Waals surface area contributed by atoms with Crippen LogP contribution in [0.3, 0.4) is 0 Å². The van der Waals surface area contributed by atoms with E-state index >= 15 is 0 Å². The van der Waals surface area contributed by atoms with Gasteiger partial charge in [0.15, 0.2) is 0 Å². The number of H-pyrrole nitrogens is 1. The third kappa shape index (κ3) is 4.07. The van der Waals surface area contributed by atoms with Crippen LogP contribution in [-0.4, -0.2) is 49.5 Å². The van der Waals surface area contributed by atoms with Gasteiger partial charge in [0, 0.05) is 33.7 Å². The van der Waals surface area contributed by atoms with E-state index < -0.39 is 52.8 Å². The number of likely N-dealkylation sites (tertiary alicyclic amines) is 1. The van der Waals surface area contributed by atoms with Crippen LogP contribution in [0.4, 0.5) is 10.1 Å². The number of benzene rings is 2. The Balaban J connectivity index is 1.32. The summed E-state index contributed by atoms with van der Waals surface area (Å²) < 4.78 is 19.6. The number of ether oxygens (including phenoxy) is 1. The van der Waals surface area contributed by atoms with Gasteiger partial charge >= 0.3 is 10.8 Å². The highest BCUT2D eigenvalue weighted by Gasteiger charge is 2.69. The van der Waals surface area contributed by atoms with E-state index in [1.807, 2.05) is 0 Å². The maximum Gasteiger partial charge on any atom is 0.323 e. The predicted octanol–water partition coefficient (Wildman–Crippen LogP) is 3.62. The molecule has 11 nitrogen and oxygen atoms in total. The zero-order valence-electron chi connectivity index (χ0n) is 21.6. The van der Waals surface area contributed by atoms with Crippen molar-refractivity contribution in [1.82, 2.24) is 9.88 Å². The van der Waals surface area contributed by atoms with Gasteiger partial charge in [0.05, 0.1) is 21.8 Å². The number of rotatable bonds is 7. The zero-order valence-corrected chi connectivity index (χ0v) is 23.2. The molecule has 3 aromatic rings. The third-order valence-corrected chi connectivity index (χ3v) is 11.5. The standard InChI is InChI=1S/C28H22FN3O8S2/c29-12-3-1-11(2-4-12)10-40-17-6-5-13(32(38)39)7-14(17)19-20-15-8-16(23(20)41-25-24(19)42-28(37)30-25)22-21(15)26(35)31(27(22)36)9-18(33)34/h1-7,15-16,19-23H,8-10H2,(H,30,37)(H,33,34)/t15-,16+,19-,20+,21+,22+,23-/m0/s1. The number of carboxylic acid groups (broad SMARTS) is 1. The molecule has 3 heterocycles. The number of non-ortho nitro benzene ring substituents is 1. The minimum atomic E-state index is -1.27. The van der Waals surface area contributed by atoms with Gasteiger partial charge in [-0.05, 0) is 47.9 Å². The van der Waals surface area contributed by atoms with Crippen molar-refractivity contribution in [3.8, 4) is 5.75 Å². The summed E-state index contributed by atoms with van der Waals surface area (Å²) in [6, 6.07) is 10.0. The van der Waals surface area contributed by atoms with Crippen LogP contribution in [0.25, 0.3) is 0 Å². The van der Waals surface area contributed by atoms with Gasteiger partial charge in [0.1, 0.15) is 24.7 Å². The fourth-order valence-corrected chi connectivity index (χ4v) is 10.4. The largest absolute Gasteiger partial charge is 0.489 e. The molecule has 2 aliphatic heterocycles. The lowest BCUT2D eigenvalue weighted by Gasteiger charge is -2.43. The molecule has 3 fully saturated rings. The molecule has 7 rings (SSSR count). The smallest absolute Gasteiger partial charge is 0.323 e. The minimum absolute atomic E-state index is 0.0603. The van der Waals surface area contributed by atoms with Crippen molar-refractivity contribution in [3.63, 3.8) is 0 Å². The van der Waals surface area contributed by atoms with Gasteiger partial charge in [-0.3, -0.25) is 34.2 Å². The molecule has 216 valence electrons. The van der Waals surface area contributed by atoms with E-state index in [1.165, 1.54) is 42.1 Å². The van der Waals surface area contributed by atoms with Gasteiger partial charge in [-0.1, -0.05) is 23.5 Å². The molecule has 14 heteroatoms. The Hall–Kier alpha value is -4.04. The highest BCUT2D eigenvalue weighted by Crippen LogP contribution is 2.69. The Kier molecular flexibility index (Phi) is 6.24. The third-order valence-electron chi connectivity index (χ3n) is 8.96. The number of nitro groups is 1. The fraction of sp³-hybridized carbons (Fsp3) is 0.357. The van der Waals surface area contributed by atoms with Gasteiger partial charge in [0.2, 0.25) is 11.8 Å². The van der Waals surface area contributed by atoms with E-state index in [0.717, 1.165) is 16.2 Å². The van der Waals surface area contributed by atoms with Crippen molar-refractivity contribution < 1.29 is 33.5 Å². The Morgan fingerprint density at radius 3 is 2.52 bits per heavy atom.